The van der Waals surface area contributed by atoms with E-state index in [1.807, 2.05) is 0 Å². The molecule has 0 aliphatic heterocycles. The number of hydrogen-bond donors (Lipinski definition) is 0. The van der Waals surface area contributed by atoms with Crippen molar-refractivity contribution < 1.29 is 55.7 Å². The molecule has 0 heterocycles. The fourth-order valence-electron chi connectivity index (χ4n) is 0.612. The SMILES string of the molecule is C[C-](C)C.C[C-](C)C.C[CH-]CC(C)(C)C.[V+2].[V].[V]. The van der Waals surface area contributed by atoms with Gasteiger partial charge in [0.25, 0.3) is 0 Å². The van der Waals surface area contributed by atoms with Gasteiger partial charge in [0.2, 0.25) is 0 Å². The van der Waals surface area contributed by atoms with Gasteiger partial charge in [-0.25, -0.2) is 0 Å². The second-order valence-corrected chi connectivity index (χ2v) is 6.17. The second-order valence-electron chi connectivity index (χ2n) is 6.17. The molecular weight excluding hydrogens is 333 g/mol. The van der Waals surface area contributed by atoms with Crippen molar-refractivity contribution in [2.75, 3.05) is 0 Å². The van der Waals surface area contributed by atoms with Gasteiger partial charge in [0.15, 0.2) is 0 Å². The minimum Gasteiger partial charge on any atom is -0.331 e. The smallest absolute Gasteiger partial charge is 0.331 e. The molecule has 0 bridgehead atoms. The van der Waals surface area contributed by atoms with Gasteiger partial charge in [0.1, 0.15) is 0 Å². The van der Waals surface area contributed by atoms with Gasteiger partial charge in [0, 0.05) is 37.1 Å². The standard InChI is InChI=1S/C7H15.2C4H9.3V/c1-5-6-7(2,3)4;2*1-4(2)3;;;/h5H,6H2,1-4H3;2*1-3H3;;;/q3*-1;;;+2. The van der Waals surface area contributed by atoms with Crippen molar-refractivity contribution in [3.63, 3.8) is 0 Å². The van der Waals surface area contributed by atoms with Gasteiger partial charge < -0.3 is 18.3 Å². The average molecular weight is 366 g/mol. The first-order valence-electron chi connectivity index (χ1n) is 5.84. The van der Waals surface area contributed by atoms with Crippen LogP contribution in [0.3, 0.4) is 0 Å². The quantitative estimate of drug-likeness (QED) is 0.509. The Morgan fingerprint density at radius 2 is 0.944 bits per heavy atom. The maximum Gasteiger partial charge on any atom is 2.00 e. The van der Waals surface area contributed by atoms with Crippen LogP contribution in [0.5, 0.6) is 0 Å². The zero-order valence-electron chi connectivity index (χ0n) is 14.1. The molecule has 0 aliphatic carbocycles. The van der Waals surface area contributed by atoms with Crippen molar-refractivity contribution >= 4 is 0 Å². The molecule has 0 N–H and O–H groups in total. The van der Waals surface area contributed by atoms with Crippen LogP contribution in [0.2, 0.25) is 0 Å². The van der Waals surface area contributed by atoms with E-state index >= 15 is 0 Å². The molecule has 0 amide bonds. The van der Waals surface area contributed by atoms with Crippen LogP contribution in [0.4, 0.5) is 0 Å². The van der Waals surface area contributed by atoms with Crippen molar-refractivity contribution in [1.82, 2.24) is 0 Å². The molecule has 0 saturated heterocycles. The maximum atomic E-state index is 2.24. The molecule has 3 heteroatoms. The molecule has 109 valence electrons. The topological polar surface area (TPSA) is 0 Å². The fraction of sp³-hybridized carbons (Fsp3) is 0.800. The molecule has 0 aromatic carbocycles. The van der Waals surface area contributed by atoms with Gasteiger partial charge >= 0.3 is 18.6 Å². The van der Waals surface area contributed by atoms with Crippen LogP contribution in [0.15, 0.2) is 0 Å². The first-order valence-corrected chi connectivity index (χ1v) is 5.84. The van der Waals surface area contributed by atoms with Crippen LogP contribution in [-0.4, -0.2) is 0 Å². The summed E-state index contributed by atoms with van der Waals surface area (Å²) in [6, 6.07) is 0. The van der Waals surface area contributed by atoms with Crippen LogP contribution in [-0.2, 0) is 55.7 Å². The van der Waals surface area contributed by atoms with Gasteiger partial charge in [-0.05, 0) is 0 Å². The largest absolute Gasteiger partial charge is 2.00 e. The van der Waals surface area contributed by atoms with Crippen LogP contribution < -0.4 is 0 Å². The summed E-state index contributed by atoms with van der Waals surface area (Å²) in [7, 11) is 0. The third kappa shape index (κ3) is 151. The molecule has 0 rings (SSSR count). The number of hydrogen-bond acceptors (Lipinski definition) is 0. The molecular formula is C15H33V3-. The monoisotopic (exact) mass is 366 g/mol. The maximum absolute atomic E-state index is 2.24. The minimum absolute atomic E-state index is 0. The Bertz CT molecular complexity index is 93.3. The molecule has 0 aromatic rings. The average Bonchev–Trinajstić information content (AvgIpc) is 1.79. The van der Waals surface area contributed by atoms with E-state index in [1.165, 1.54) is 18.3 Å². The summed E-state index contributed by atoms with van der Waals surface area (Å²) >= 11 is 0. The molecule has 0 unspecified atom stereocenters. The van der Waals surface area contributed by atoms with Gasteiger partial charge in [-0.3, -0.25) is 0 Å². The van der Waals surface area contributed by atoms with Gasteiger partial charge in [-0.1, -0.05) is 26.2 Å². The fourth-order valence-corrected chi connectivity index (χ4v) is 0.612. The van der Waals surface area contributed by atoms with E-state index in [0.29, 0.717) is 5.41 Å². The summed E-state index contributed by atoms with van der Waals surface area (Å²) in [5.74, 6) is 2.83. The van der Waals surface area contributed by atoms with E-state index in [9.17, 15) is 0 Å². The van der Waals surface area contributed by atoms with E-state index in [2.05, 4.69) is 75.7 Å². The van der Waals surface area contributed by atoms with Crippen LogP contribution >= 0.6 is 0 Å². The Balaban J connectivity index is -0.0000000292. The van der Waals surface area contributed by atoms with Crippen molar-refractivity contribution in [3.05, 3.63) is 18.3 Å². The van der Waals surface area contributed by atoms with Crippen LogP contribution in [0.25, 0.3) is 0 Å². The predicted molar refractivity (Wildman–Crippen MR) is 74.6 cm³/mol. The van der Waals surface area contributed by atoms with Crippen LogP contribution in [0.1, 0.15) is 75.7 Å². The zero-order chi connectivity index (χ0) is 13.1. The Morgan fingerprint density at radius 1 is 0.778 bits per heavy atom. The molecule has 3 radical (unpaired) electrons. The van der Waals surface area contributed by atoms with E-state index in [0.717, 1.165) is 0 Å². The Kier molecular flexibility index (Phi) is 48.6. The van der Waals surface area contributed by atoms with Gasteiger partial charge in [0.05, 0.1) is 0 Å². The van der Waals surface area contributed by atoms with E-state index in [-0.39, 0.29) is 55.7 Å². The van der Waals surface area contributed by atoms with Gasteiger partial charge in [-0.2, -0.15) is 54.9 Å². The molecule has 0 nitrogen and oxygen atoms in total. The summed E-state index contributed by atoms with van der Waals surface area (Å²) in [4.78, 5) is 0. The molecule has 0 fully saturated rings. The molecule has 0 spiro atoms. The van der Waals surface area contributed by atoms with Crippen molar-refractivity contribution in [1.29, 1.82) is 0 Å². The Labute approximate surface area is 154 Å². The predicted octanol–water partition coefficient (Wildman–Crippen LogP) is 5.88. The van der Waals surface area contributed by atoms with Crippen LogP contribution in [0, 0.1) is 23.7 Å². The summed E-state index contributed by atoms with van der Waals surface area (Å²) in [6.45, 7) is 21.3. The normalized spacial score (nSPS) is 8.67. The number of rotatable bonds is 1. The summed E-state index contributed by atoms with van der Waals surface area (Å²) in [5, 5.41) is 0. The Hall–Kier alpha value is 1.75. The Morgan fingerprint density at radius 3 is 0.944 bits per heavy atom. The third-order valence-electron chi connectivity index (χ3n) is 0.816. The molecule has 0 atom stereocenters. The minimum atomic E-state index is 0. The first kappa shape index (κ1) is 36.7. The molecule has 0 aromatic heterocycles. The van der Waals surface area contributed by atoms with E-state index < -0.39 is 0 Å². The first-order chi connectivity index (χ1) is 6.52. The molecule has 0 saturated carbocycles. The summed E-state index contributed by atoms with van der Waals surface area (Å²) in [6.07, 6.45) is 3.42. The second kappa shape index (κ2) is 23.8. The van der Waals surface area contributed by atoms with E-state index in [1.54, 1.807) is 0 Å². The molecule has 18 heavy (non-hydrogen) atoms. The summed E-state index contributed by atoms with van der Waals surface area (Å²) in [5.41, 5.74) is 0.495. The zero-order valence-corrected chi connectivity index (χ0v) is 18.3. The molecule has 0 aliphatic rings. The van der Waals surface area contributed by atoms with Gasteiger partial charge in [-0.15, -0.1) is 0 Å². The third-order valence-corrected chi connectivity index (χ3v) is 0.816. The summed E-state index contributed by atoms with van der Waals surface area (Å²) < 4.78 is 0. The van der Waals surface area contributed by atoms with E-state index in [4.69, 9.17) is 0 Å². The van der Waals surface area contributed by atoms with Crippen molar-refractivity contribution in [3.8, 4) is 0 Å². The van der Waals surface area contributed by atoms with Crippen molar-refractivity contribution in [2.24, 2.45) is 5.41 Å². The van der Waals surface area contributed by atoms with Crippen molar-refractivity contribution in [2.45, 2.75) is 75.7 Å².